The number of hydrogen-bond acceptors (Lipinski definition) is 3. The van der Waals surface area contributed by atoms with E-state index in [2.05, 4.69) is 12.2 Å². The van der Waals surface area contributed by atoms with Crippen LogP contribution in [0.1, 0.15) is 45.2 Å². The second-order valence-corrected chi connectivity index (χ2v) is 8.41. The van der Waals surface area contributed by atoms with Crippen molar-refractivity contribution in [2.75, 3.05) is 6.61 Å². The number of ether oxygens (including phenoxy) is 1. The molecule has 2 aromatic carbocycles. The molecule has 168 valence electrons. The second kappa shape index (κ2) is 12.0. The molecule has 5 nitrogen and oxygen atoms in total. The molecular formula is C24H30Cl2N2O3. The largest absolute Gasteiger partial charge is 0.484 e. The molecule has 1 atom stereocenters. The maximum absolute atomic E-state index is 13.2. The number of benzene rings is 2. The van der Waals surface area contributed by atoms with Crippen LogP contribution in [-0.2, 0) is 22.6 Å². The predicted molar refractivity (Wildman–Crippen MR) is 126 cm³/mol. The summed E-state index contributed by atoms with van der Waals surface area (Å²) in [6, 6.07) is 12.1. The summed E-state index contributed by atoms with van der Waals surface area (Å²) in [6.07, 6.45) is 1.37. The van der Waals surface area contributed by atoms with Gasteiger partial charge in [0.25, 0.3) is 5.91 Å². The number of aryl methyl sites for hydroxylation is 1. The molecule has 31 heavy (non-hydrogen) atoms. The summed E-state index contributed by atoms with van der Waals surface area (Å²) in [5.74, 6) is 0.0589. The van der Waals surface area contributed by atoms with E-state index < -0.39 is 6.04 Å². The SMILES string of the molecule is CCc1ccc(OCC(=O)N(Cc2c(Cl)cccc2Cl)C(CC)C(=O)NC(C)C)cc1. The van der Waals surface area contributed by atoms with E-state index in [0.717, 1.165) is 6.42 Å². The predicted octanol–water partition coefficient (Wildman–Crippen LogP) is 5.27. The van der Waals surface area contributed by atoms with Gasteiger partial charge >= 0.3 is 0 Å². The lowest BCUT2D eigenvalue weighted by molar-refractivity contribution is -0.143. The first-order valence-electron chi connectivity index (χ1n) is 10.5. The third-order valence-corrected chi connectivity index (χ3v) is 5.61. The molecular weight excluding hydrogens is 435 g/mol. The van der Waals surface area contributed by atoms with E-state index in [1.54, 1.807) is 18.2 Å². The van der Waals surface area contributed by atoms with E-state index in [9.17, 15) is 9.59 Å². The molecule has 0 aliphatic heterocycles. The van der Waals surface area contributed by atoms with Crippen LogP contribution in [0.4, 0.5) is 0 Å². The lowest BCUT2D eigenvalue weighted by Crippen LogP contribution is -2.51. The molecule has 0 saturated heterocycles. The van der Waals surface area contributed by atoms with Crippen LogP contribution < -0.4 is 10.1 Å². The molecule has 0 radical (unpaired) electrons. The Balaban J connectivity index is 2.25. The maximum Gasteiger partial charge on any atom is 0.261 e. The maximum atomic E-state index is 13.2. The van der Waals surface area contributed by atoms with E-state index in [4.69, 9.17) is 27.9 Å². The average Bonchev–Trinajstić information content (AvgIpc) is 2.73. The molecule has 0 heterocycles. The molecule has 1 N–H and O–H groups in total. The molecule has 2 amide bonds. The highest BCUT2D eigenvalue weighted by molar-refractivity contribution is 6.36. The van der Waals surface area contributed by atoms with E-state index in [1.807, 2.05) is 45.0 Å². The van der Waals surface area contributed by atoms with Crippen LogP contribution in [-0.4, -0.2) is 35.4 Å². The van der Waals surface area contributed by atoms with Crippen molar-refractivity contribution in [3.8, 4) is 5.75 Å². The molecule has 1 unspecified atom stereocenters. The quantitative estimate of drug-likeness (QED) is 0.520. The first-order valence-corrected chi connectivity index (χ1v) is 11.3. The van der Waals surface area contributed by atoms with Crippen molar-refractivity contribution in [1.29, 1.82) is 0 Å². The first kappa shape index (κ1) is 25.0. The smallest absolute Gasteiger partial charge is 0.261 e. The van der Waals surface area contributed by atoms with Crippen molar-refractivity contribution in [1.82, 2.24) is 10.2 Å². The Kier molecular flexibility index (Phi) is 9.66. The second-order valence-electron chi connectivity index (χ2n) is 7.60. The summed E-state index contributed by atoms with van der Waals surface area (Å²) in [5.41, 5.74) is 1.78. The normalized spacial score (nSPS) is 11.8. The lowest BCUT2D eigenvalue weighted by atomic mass is 10.1. The van der Waals surface area contributed by atoms with Crippen LogP contribution in [0.3, 0.4) is 0 Å². The van der Waals surface area contributed by atoms with E-state index in [0.29, 0.717) is 27.8 Å². The highest BCUT2D eigenvalue weighted by atomic mass is 35.5. The fourth-order valence-electron chi connectivity index (χ4n) is 3.20. The van der Waals surface area contributed by atoms with Crippen LogP contribution in [0.15, 0.2) is 42.5 Å². The molecule has 0 spiro atoms. The number of carbonyl (C=O) groups is 2. The number of hydrogen-bond donors (Lipinski definition) is 1. The van der Waals surface area contributed by atoms with Gasteiger partial charge in [0.1, 0.15) is 11.8 Å². The summed E-state index contributed by atoms with van der Waals surface area (Å²) >= 11 is 12.7. The Morgan fingerprint density at radius 3 is 2.16 bits per heavy atom. The molecule has 0 aliphatic carbocycles. The summed E-state index contributed by atoms with van der Waals surface area (Å²) in [6.45, 7) is 7.61. The first-order chi connectivity index (χ1) is 14.8. The van der Waals surface area contributed by atoms with Crippen LogP contribution in [0.5, 0.6) is 5.75 Å². The number of nitrogens with one attached hydrogen (secondary N) is 1. The molecule has 0 aliphatic rings. The fourth-order valence-corrected chi connectivity index (χ4v) is 3.72. The Morgan fingerprint density at radius 1 is 1.03 bits per heavy atom. The topological polar surface area (TPSA) is 58.6 Å². The molecule has 0 aromatic heterocycles. The van der Waals surface area contributed by atoms with E-state index in [-0.39, 0.29) is 31.0 Å². The van der Waals surface area contributed by atoms with Crippen LogP contribution in [0.2, 0.25) is 10.0 Å². The molecule has 0 fully saturated rings. The number of amides is 2. The van der Waals surface area contributed by atoms with Gasteiger partial charge < -0.3 is 15.0 Å². The number of rotatable bonds is 10. The zero-order valence-corrected chi connectivity index (χ0v) is 20.0. The van der Waals surface area contributed by atoms with Crippen LogP contribution in [0.25, 0.3) is 0 Å². The molecule has 2 rings (SSSR count). The third kappa shape index (κ3) is 7.15. The summed E-state index contributed by atoms with van der Waals surface area (Å²) in [7, 11) is 0. The van der Waals surface area contributed by atoms with Gasteiger partial charge in [0.2, 0.25) is 5.91 Å². The highest BCUT2D eigenvalue weighted by Crippen LogP contribution is 2.27. The zero-order valence-electron chi connectivity index (χ0n) is 18.5. The summed E-state index contributed by atoms with van der Waals surface area (Å²) < 4.78 is 5.71. The van der Waals surface area contributed by atoms with Gasteiger partial charge in [-0.3, -0.25) is 9.59 Å². The fraction of sp³-hybridized carbons (Fsp3) is 0.417. The monoisotopic (exact) mass is 464 g/mol. The van der Waals surface area contributed by atoms with Crippen molar-refractivity contribution in [2.24, 2.45) is 0 Å². The number of carbonyl (C=O) groups excluding carboxylic acids is 2. The van der Waals surface area contributed by atoms with Gasteiger partial charge in [0.05, 0.1) is 0 Å². The third-order valence-electron chi connectivity index (χ3n) is 4.90. The standard InChI is InChI=1S/C24H30Cl2N2O3/c1-5-17-10-12-18(13-11-17)31-15-23(29)28(22(6-2)24(30)27-16(3)4)14-19-20(25)8-7-9-21(19)26/h7-13,16,22H,5-6,14-15H2,1-4H3,(H,27,30). The summed E-state index contributed by atoms with van der Waals surface area (Å²) in [5, 5.41) is 3.78. The van der Waals surface area contributed by atoms with Crippen molar-refractivity contribution in [3.05, 3.63) is 63.6 Å². The number of halogens is 2. The Bertz CT molecular complexity index is 865. The van der Waals surface area contributed by atoms with Gasteiger partial charge in [0, 0.05) is 28.2 Å². The Morgan fingerprint density at radius 2 is 1.65 bits per heavy atom. The van der Waals surface area contributed by atoms with Gasteiger partial charge in [-0.2, -0.15) is 0 Å². The van der Waals surface area contributed by atoms with Gasteiger partial charge in [-0.05, 0) is 56.5 Å². The highest BCUT2D eigenvalue weighted by Gasteiger charge is 2.30. The minimum absolute atomic E-state index is 0.0456. The van der Waals surface area contributed by atoms with Gasteiger partial charge in [-0.15, -0.1) is 0 Å². The van der Waals surface area contributed by atoms with Crippen molar-refractivity contribution in [2.45, 2.75) is 59.2 Å². The van der Waals surface area contributed by atoms with Crippen LogP contribution >= 0.6 is 23.2 Å². The number of nitrogens with zero attached hydrogens (tertiary/aromatic N) is 1. The minimum Gasteiger partial charge on any atom is -0.484 e. The van der Waals surface area contributed by atoms with Crippen LogP contribution in [0, 0.1) is 0 Å². The van der Waals surface area contributed by atoms with Gasteiger partial charge in [-0.25, -0.2) is 0 Å². The minimum atomic E-state index is -0.673. The van der Waals surface area contributed by atoms with Crippen molar-refractivity contribution in [3.63, 3.8) is 0 Å². The van der Waals surface area contributed by atoms with E-state index in [1.165, 1.54) is 10.5 Å². The van der Waals surface area contributed by atoms with E-state index >= 15 is 0 Å². The molecule has 7 heteroatoms. The molecule has 0 bridgehead atoms. The lowest BCUT2D eigenvalue weighted by Gasteiger charge is -2.31. The Labute approximate surface area is 194 Å². The molecule has 0 saturated carbocycles. The molecule has 2 aromatic rings. The van der Waals surface area contributed by atoms with Gasteiger partial charge in [0.15, 0.2) is 6.61 Å². The van der Waals surface area contributed by atoms with Crippen molar-refractivity contribution >= 4 is 35.0 Å². The zero-order chi connectivity index (χ0) is 23.0. The van der Waals surface area contributed by atoms with Crippen molar-refractivity contribution < 1.29 is 14.3 Å². The summed E-state index contributed by atoms with van der Waals surface area (Å²) in [4.78, 5) is 27.5. The Hall–Kier alpha value is -2.24. The van der Waals surface area contributed by atoms with Gasteiger partial charge in [-0.1, -0.05) is 55.2 Å². The average molecular weight is 465 g/mol.